The largest absolute Gasteiger partial charge is 0.369 e. The number of aliphatic hydroxyl groups is 1. The van der Waals surface area contributed by atoms with Crippen molar-refractivity contribution in [3.63, 3.8) is 0 Å². The molecule has 3 aromatic rings. The minimum absolute atomic E-state index is 0.497. The van der Waals surface area contributed by atoms with E-state index in [1.165, 1.54) is 5.69 Å². The van der Waals surface area contributed by atoms with Crippen LogP contribution < -0.4 is 15.1 Å². The van der Waals surface area contributed by atoms with Gasteiger partial charge in [-0.15, -0.1) is 0 Å². The highest BCUT2D eigenvalue weighted by Crippen LogP contribution is 2.36. The van der Waals surface area contributed by atoms with Gasteiger partial charge in [-0.05, 0) is 67.9 Å². The average Bonchev–Trinajstić information content (AvgIpc) is 2.98. The monoisotopic (exact) mass is 535 g/mol. The van der Waals surface area contributed by atoms with E-state index in [4.69, 9.17) is 4.98 Å². The van der Waals surface area contributed by atoms with Crippen molar-refractivity contribution in [2.75, 3.05) is 54.9 Å². The van der Waals surface area contributed by atoms with Gasteiger partial charge in [-0.1, -0.05) is 36.9 Å². The van der Waals surface area contributed by atoms with Crippen molar-refractivity contribution in [2.45, 2.75) is 20.1 Å². The van der Waals surface area contributed by atoms with Crippen LogP contribution in [0.15, 0.2) is 78.6 Å². The first-order valence-electron chi connectivity index (χ1n) is 13.8. The van der Waals surface area contributed by atoms with Crippen LogP contribution in [0.2, 0.25) is 0 Å². The van der Waals surface area contributed by atoms with Gasteiger partial charge in [0.05, 0.1) is 0 Å². The molecule has 0 saturated carbocycles. The maximum atomic E-state index is 11.3. The van der Waals surface area contributed by atoms with Crippen molar-refractivity contribution >= 4 is 46.6 Å². The molecule has 2 aromatic carbocycles. The van der Waals surface area contributed by atoms with Crippen molar-refractivity contribution in [3.8, 4) is 0 Å². The quantitative estimate of drug-likeness (QED) is 0.300. The first-order chi connectivity index (χ1) is 19.5. The van der Waals surface area contributed by atoms with E-state index in [9.17, 15) is 5.11 Å². The van der Waals surface area contributed by atoms with E-state index in [2.05, 4.69) is 63.0 Å². The molecule has 0 bridgehead atoms. The Balaban J connectivity index is 1.35. The number of nitrogens with one attached hydrogen (secondary N) is 1. The van der Waals surface area contributed by atoms with Gasteiger partial charge in [-0.25, -0.2) is 4.98 Å². The van der Waals surface area contributed by atoms with Crippen LogP contribution in [0.3, 0.4) is 0 Å². The number of benzene rings is 2. The highest BCUT2D eigenvalue weighted by atomic mass is 16.3. The van der Waals surface area contributed by atoms with Crippen LogP contribution in [0.25, 0.3) is 17.2 Å². The Morgan fingerprint density at radius 2 is 1.82 bits per heavy atom. The summed E-state index contributed by atoms with van der Waals surface area (Å²) < 4.78 is 0. The summed E-state index contributed by atoms with van der Waals surface area (Å²) >= 11 is 0. The zero-order valence-electron chi connectivity index (χ0n) is 23.5. The lowest BCUT2D eigenvalue weighted by molar-refractivity contribution is 0.225. The summed E-state index contributed by atoms with van der Waals surface area (Å²) in [5.41, 5.74) is 6.70. The second-order valence-electron chi connectivity index (χ2n) is 9.97. The lowest BCUT2D eigenvalue weighted by Crippen LogP contribution is -2.44. The summed E-state index contributed by atoms with van der Waals surface area (Å²) in [4.78, 5) is 20.2. The van der Waals surface area contributed by atoms with E-state index >= 15 is 0 Å². The second kappa shape index (κ2) is 12.3. The fraction of sp³-hybridized carbons (Fsp3) is 0.281. The van der Waals surface area contributed by atoms with Crippen molar-refractivity contribution in [1.29, 1.82) is 0 Å². The molecule has 0 amide bonds. The smallest absolute Gasteiger partial charge is 0.229 e. The van der Waals surface area contributed by atoms with E-state index < -0.39 is 6.23 Å². The topological polar surface area (TPSA) is 80.1 Å². The Morgan fingerprint density at radius 1 is 1.10 bits per heavy atom. The molecule has 40 heavy (non-hydrogen) atoms. The number of aliphatic imine (C=N–C) groups is 1. The summed E-state index contributed by atoms with van der Waals surface area (Å²) in [6, 6.07) is 16.5. The van der Waals surface area contributed by atoms with Gasteiger partial charge in [0, 0.05) is 73.8 Å². The number of hydrogen-bond acceptors (Lipinski definition) is 8. The summed E-state index contributed by atoms with van der Waals surface area (Å²) in [5, 5.41) is 14.7. The lowest BCUT2D eigenvalue weighted by Gasteiger charge is -2.34. The maximum Gasteiger partial charge on any atom is 0.229 e. The molecule has 2 N–H and O–H groups in total. The minimum Gasteiger partial charge on any atom is -0.369 e. The number of allylic oxidation sites excluding steroid dienone is 2. The molecule has 8 heteroatoms. The number of piperazine rings is 1. The highest BCUT2D eigenvalue weighted by Gasteiger charge is 2.28. The third-order valence-electron chi connectivity index (χ3n) is 7.42. The summed E-state index contributed by atoms with van der Waals surface area (Å²) in [6.07, 6.45) is 8.28. The molecule has 206 valence electrons. The van der Waals surface area contributed by atoms with Crippen molar-refractivity contribution < 1.29 is 5.11 Å². The fourth-order valence-electron chi connectivity index (χ4n) is 5.06. The molecular weight excluding hydrogens is 498 g/mol. The molecule has 1 atom stereocenters. The van der Waals surface area contributed by atoms with Crippen molar-refractivity contribution in [2.24, 2.45) is 4.99 Å². The summed E-state index contributed by atoms with van der Waals surface area (Å²) in [6.45, 7) is 12.6. The Bertz CT molecular complexity index is 1420. The number of nitrogens with zero attached hydrogens (tertiary/aromatic N) is 6. The third-order valence-corrected chi connectivity index (χ3v) is 7.42. The first kappa shape index (κ1) is 27.3. The van der Waals surface area contributed by atoms with Crippen LogP contribution in [-0.4, -0.2) is 72.2 Å². The molecule has 1 aromatic heterocycles. The molecule has 1 saturated heterocycles. The molecule has 2 aliphatic rings. The van der Waals surface area contributed by atoms with Gasteiger partial charge in [-0.3, -0.25) is 4.99 Å². The van der Waals surface area contributed by atoms with Gasteiger partial charge in [0.25, 0.3) is 0 Å². The number of aromatic nitrogens is 2. The van der Waals surface area contributed by atoms with Gasteiger partial charge in [0.1, 0.15) is 5.82 Å². The van der Waals surface area contributed by atoms with E-state index in [1.807, 2.05) is 55.3 Å². The molecule has 0 aliphatic carbocycles. The molecule has 2 aliphatic heterocycles. The second-order valence-corrected chi connectivity index (χ2v) is 9.97. The third kappa shape index (κ3) is 5.83. The Labute approximate surface area is 236 Å². The maximum absolute atomic E-state index is 11.3. The standard InChI is InChI=1S/C32H37N7O/c1-5-23(21-33-6-2)24-8-10-25(11-9-24)29-20-26-22-34-32(36-30(26)39(7-3)31(29)40)35-27-12-14-28(15-13-27)38-18-16-37(4)17-19-38/h5-6,8-15,20-22,31,40H,1,7,16-19H2,2-4H3,(H,34,35,36). The van der Waals surface area contributed by atoms with Gasteiger partial charge >= 0.3 is 0 Å². The van der Waals surface area contributed by atoms with Crippen LogP contribution in [0.1, 0.15) is 30.5 Å². The van der Waals surface area contributed by atoms with Gasteiger partial charge < -0.3 is 25.1 Å². The molecule has 0 spiro atoms. The zero-order valence-corrected chi connectivity index (χ0v) is 23.5. The van der Waals surface area contributed by atoms with E-state index in [0.29, 0.717) is 18.3 Å². The predicted molar refractivity (Wildman–Crippen MR) is 167 cm³/mol. The molecule has 5 rings (SSSR count). The number of hydrogen-bond donors (Lipinski definition) is 2. The highest BCUT2D eigenvalue weighted by molar-refractivity contribution is 5.91. The Kier molecular flexibility index (Phi) is 8.38. The molecule has 8 nitrogen and oxygen atoms in total. The van der Waals surface area contributed by atoms with Crippen molar-refractivity contribution in [1.82, 2.24) is 14.9 Å². The van der Waals surface area contributed by atoms with Gasteiger partial charge in [0.2, 0.25) is 5.95 Å². The number of anilines is 4. The van der Waals surface area contributed by atoms with E-state index in [-0.39, 0.29) is 0 Å². The molecule has 0 radical (unpaired) electrons. The van der Waals surface area contributed by atoms with E-state index in [0.717, 1.165) is 59.7 Å². The van der Waals surface area contributed by atoms with Crippen LogP contribution in [-0.2, 0) is 0 Å². The van der Waals surface area contributed by atoms with Crippen LogP contribution in [0, 0.1) is 0 Å². The number of likely N-dealkylation sites (N-methyl/N-ethyl adjacent to an activating group) is 2. The lowest BCUT2D eigenvalue weighted by atomic mass is 9.95. The van der Waals surface area contributed by atoms with Gasteiger partial charge in [0.15, 0.2) is 6.23 Å². The van der Waals surface area contributed by atoms with Crippen LogP contribution in [0.5, 0.6) is 0 Å². The minimum atomic E-state index is -0.826. The average molecular weight is 536 g/mol. The summed E-state index contributed by atoms with van der Waals surface area (Å²) in [7, 11) is 2.16. The Hall–Kier alpha value is -4.27. The molecule has 1 fully saturated rings. The van der Waals surface area contributed by atoms with Crippen molar-refractivity contribution in [3.05, 3.63) is 90.3 Å². The van der Waals surface area contributed by atoms with Gasteiger partial charge in [-0.2, -0.15) is 4.98 Å². The predicted octanol–water partition coefficient (Wildman–Crippen LogP) is 5.29. The van der Waals surface area contributed by atoms with Crippen LogP contribution >= 0.6 is 0 Å². The number of fused-ring (bicyclic) bond motifs is 1. The zero-order chi connectivity index (χ0) is 28.1. The SMILES string of the molecule is C=CC(=CN=CC)c1ccc(C2=Cc3cnc(Nc4ccc(N5CCN(C)CC5)cc4)nc3N(CC)C2O)cc1. The van der Waals surface area contributed by atoms with Crippen LogP contribution in [0.4, 0.5) is 23.1 Å². The number of aliphatic hydroxyl groups excluding tert-OH is 1. The van der Waals surface area contributed by atoms with E-state index in [1.54, 1.807) is 18.5 Å². The normalized spacial score (nSPS) is 18.1. The first-order valence-corrected chi connectivity index (χ1v) is 13.8. The molecule has 1 unspecified atom stereocenters. The summed E-state index contributed by atoms with van der Waals surface area (Å²) in [5.74, 6) is 1.20. The molecular formula is C32H37N7O. The Morgan fingerprint density at radius 3 is 2.48 bits per heavy atom. The fourth-order valence-corrected chi connectivity index (χ4v) is 5.06. The molecule has 3 heterocycles. The number of rotatable bonds is 8.